The van der Waals surface area contributed by atoms with Crippen molar-refractivity contribution in [1.29, 1.82) is 0 Å². The van der Waals surface area contributed by atoms with Gasteiger partial charge in [-0.3, -0.25) is 0 Å². The molecule has 0 atom stereocenters. The van der Waals surface area contributed by atoms with Crippen LogP contribution in [0, 0.1) is 0 Å². The predicted octanol–water partition coefficient (Wildman–Crippen LogP) is 2.53. The first kappa shape index (κ1) is 11.9. The maximum absolute atomic E-state index is 10.8. The van der Waals surface area contributed by atoms with Gasteiger partial charge in [0.25, 0.3) is 0 Å². The van der Waals surface area contributed by atoms with Crippen LogP contribution in [0.25, 0.3) is 0 Å². The molecule has 5 nitrogen and oxygen atoms in total. The van der Waals surface area contributed by atoms with Crippen molar-refractivity contribution in [3.8, 4) is 5.75 Å². The summed E-state index contributed by atoms with van der Waals surface area (Å²) in [5.41, 5.74) is 1.48. The molecule has 0 saturated heterocycles. The Balaban J connectivity index is 2.22. The van der Waals surface area contributed by atoms with Crippen molar-refractivity contribution in [2.24, 2.45) is 0 Å². The highest BCUT2D eigenvalue weighted by Gasteiger charge is 2.05. The van der Waals surface area contributed by atoms with E-state index in [0.717, 1.165) is 11.4 Å². The fourth-order valence-electron chi connectivity index (χ4n) is 1.49. The summed E-state index contributed by atoms with van der Waals surface area (Å²) in [5, 5.41) is 11.9. The molecule has 1 aromatic heterocycles. The van der Waals surface area contributed by atoms with Gasteiger partial charge in [-0.1, -0.05) is 6.07 Å². The summed E-state index contributed by atoms with van der Waals surface area (Å²) in [6.07, 6.45) is 1.45. The van der Waals surface area contributed by atoms with Gasteiger partial charge in [0.05, 0.1) is 7.11 Å². The number of methoxy groups -OCH3 is 1. The first-order valence-electron chi connectivity index (χ1n) is 5.29. The van der Waals surface area contributed by atoms with Crippen LogP contribution in [-0.2, 0) is 0 Å². The molecule has 0 unspecified atom stereocenters. The second-order valence-electron chi connectivity index (χ2n) is 3.59. The Hall–Kier alpha value is -2.56. The van der Waals surface area contributed by atoms with E-state index in [1.807, 2.05) is 24.3 Å². The normalized spacial score (nSPS) is 9.83. The summed E-state index contributed by atoms with van der Waals surface area (Å²) in [4.78, 5) is 14.5. The van der Waals surface area contributed by atoms with Crippen LogP contribution in [0.5, 0.6) is 5.75 Å². The molecule has 1 aromatic carbocycles. The smallest absolute Gasteiger partial charge is 0.354 e. The number of pyridine rings is 1. The van der Waals surface area contributed by atoms with E-state index in [2.05, 4.69) is 10.3 Å². The van der Waals surface area contributed by atoms with E-state index in [4.69, 9.17) is 9.84 Å². The van der Waals surface area contributed by atoms with Crippen LogP contribution >= 0.6 is 0 Å². The SMILES string of the molecule is COc1cccc(Nc2ccnc(C(=O)O)c2)c1. The van der Waals surface area contributed by atoms with Gasteiger partial charge >= 0.3 is 5.97 Å². The molecule has 0 fully saturated rings. The highest BCUT2D eigenvalue weighted by molar-refractivity contribution is 5.86. The number of carbonyl (C=O) groups is 1. The lowest BCUT2D eigenvalue weighted by molar-refractivity contribution is 0.0690. The van der Waals surface area contributed by atoms with Crippen molar-refractivity contribution in [2.75, 3.05) is 12.4 Å². The Bertz CT molecular complexity index is 570. The topological polar surface area (TPSA) is 71.5 Å². The minimum Gasteiger partial charge on any atom is -0.497 e. The molecule has 2 rings (SSSR count). The van der Waals surface area contributed by atoms with Crippen LogP contribution in [0.15, 0.2) is 42.6 Å². The van der Waals surface area contributed by atoms with E-state index in [9.17, 15) is 4.79 Å². The standard InChI is InChI=1S/C13H12N2O3/c1-18-11-4-2-3-9(7-11)15-10-5-6-14-12(8-10)13(16)17/h2-8H,1H3,(H,14,15)(H,16,17). The van der Waals surface area contributed by atoms with E-state index >= 15 is 0 Å². The lowest BCUT2D eigenvalue weighted by atomic mass is 10.2. The number of aromatic nitrogens is 1. The molecular weight excluding hydrogens is 232 g/mol. The van der Waals surface area contributed by atoms with Crippen LogP contribution in [-0.4, -0.2) is 23.2 Å². The highest BCUT2D eigenvalue weighted by atomic mass is 16.5. The van der Waals surface area contributed by atoms with E-state index in [1.165, 1.54) is 12.3 Å². The van der Waals surface area contributed by atoms with Crippen LogP contribution in [0.1, 0.15) is 10.5 Å². The number of rotatable bonds is 4. The number of hydrogen-bond acceptors (Lipinski definition) is 4. The summed E-state index contributed by atoms with van der Waals surface area (Å²) >= 11 is 0. The zero-order chi connectivity index (χ0) is 13.0. The quantitative estimate of drug-likeness (QED) is 0.864. The minimum atomic E-state index is -1.05. The van der Waals surface area contributed by atoms with Crippen molar-refractivity contribution < 1.29 is 14.6 Å². The second-order valence-corrected chi connectivity index (χ2v) is 3.59. The number of hydrogen-bond donors (Lipinski definition) is 2. The van der Waals surface area contributed by atoms with Gasteiger partial charge in [0.2, 0.25) is 0 Å². The molecule has 0 amide bonds. The molecule has 0 bridgehead atoms. The first-order valence-corrected chi connectivity index (χ1v) is 5.29. The molecule has 18 heavy (non-hydrogen) atoms. The Labute approximate surface area is 104 Å². The van der Waals surface area contributed by atoms with Gasteiger partial charge < -0.3 is 15.2 Å². The molecule has 0 saturated carbocycles. The molecular formula is C13H12N2O3. The van der Waals surface area contributed by atoms with Gasteiger partial charge in [-0.2, -0.15) is 0 Å². The lowest BCUT2D eigenvalue weighted by Crippen LogP contribution is -2.01. The Morgan fingerprint density at radius 1 is 1.28 bits per heavy atom. The van der Waals surface area contributed by atoms with Gasteiger partial charge in [-0.15, -0.1) is 0 Å². The van der Waals surface area contributed by atoms with Gasteiger partial charge in [0, 0.05) is 23.6 Å². The van der Waals surface area contributed by atoms with Gasteiger partial charge in [-0.25, -0.2) is 9.78 Å². The van der Waals surface area contributed by atoms with Crippen molar-refractivity contribution >= 4 is 17.3 Å². The van der Waals surface area contributed by atoms with Gasteiger partial charge in [0.15, 0.2) is 0 Å². The van der Waals surface area contributed by atoms with Crippen molar-refractivity contribution in [1.82, 2.24) is 4.98 Å². The molecule has 0 aliphatic heterocycles. The van der Waals surface area contributed by atoms with Crippen LogP contribution in [0.3, 0.4) is 0 Å². The third-order valence-corrected chi connectivity index (χ3v) is 2.34. The summed E-state index contributed by atoms with van der Waals surface area (Å²) in [7, 11) is 1.59. The Kier molecular flexibility index (Phi) is 3.43. The zero-order valence-corrected chi connectivity index (χ0v) is 9.75. The molecule has 2 aromatic rings. The Morgan fingerprint density at radius 2 is 2.06 bits per heavy atom. The van der Waals surface area contributed by atoms with E-state index in [-0.39, 0.29) is 5.69 Å². The molecule has 92 valence electrons. The lowest BCUT2D eigenvalue weighted by Gasteiger charge is -2.08. The van der Waals surface area contributed by atoms with Crippen molar-refractivity contribution in [2.45, 2.75) is 0 Å². The summed E-state index contributed by atoms with van der Waals surface area (Å²) in [6.45, 7) is 0. The zero-order valence-electron chi connectivity index (χ0n) is 9.75. The second kappa shape index (κ2) is 5.18. The highest BCUT2D eigenvalue weighted by Crippen LogP contribution is 2.21. The Morgan fingerprint density at radius 3 is 2.78 bits per heavy atom. The number of nitrogens with one attached hydrogen (secondary N) is 1. The molecule has 0 aliphatic rings. The maximum Gasteiger partial charge on any atom is 0.354 e. The number of anilines is 2. The fourth-order valence-corrected chi connectivity index (χ4v) is 1.49. The van der Waals surface area contributed by atoms with E-state index in [1.54, 1.807) is 13.2 Å². The third-order valence-electron chi connectivity index (χ3n) is 2.34. The third kappa shape index (κ3) is 2.76. The average molecular weight is 244 g/mol. The first-order chi connectivity index (χ1) is 8.69. The number of aromatic carboxylic acids is 1. The number of benzene rings is 1. The van der Waals surface area contributed by atoms with Crippen molar-refractivity contribution in [3.05, 3.63) is 48.3 Å². The number of carboxylic acid groups (broad SMARTS) is 1. The van der Waals surface area contributed by atoms with Crippen LogP contribution in [0.2, 0.25) is 0 Å². The number of nitrogens with zero attached hydrogens (tertiary/aromatic N) is 1. The van der Waals surface area contributed by atoms with E-state index < -0.39 is 5.97 Å². The molecule has 0 radical (unpaired) electrons. The van der Waals surface area contributed by atoms with Gasteiger partial charge in [0.1, 0.15) is 11.4 Å². The number of ether oxygens (including phenoxy) is 1. The largest absolute Gasteiger partial charge is 0.497 e. The maximum atomic E-state index is 10.8. The van der Waals surface area contributed by atoms with E-state index in [0.29, 0.717) is 5.69 Å². The minimum absolute atomic E-state index is 0.00268. The number of carboxylic acids is 1. The molecule has 0 spiro atoms. The van der Waals surface area contributed by atoms with Crippen LogP contribution < -0.4 is 10.1 Å². The monoisotopic (exact) mass is 244 g/mol. The molecule has 0 aliphatic carbocycles. The van der Waals surface area contributed by atoms with Gasteiger partial charge in [-0.05, 0) is 24.3 Å². The van der Waals surface area contributed by atoms with Crippen LogP contribution in [0.4, 0.5) is 11.4 Å². The molecule has 1 heterocycles. The average Bonchev–Trinajstić information content (AvgIpc) is 2.39. The predicted molar refractivity (Wildman–Crippen MR) is 67.5 cm³/mol. The molecule has 2 N–H and O–H groups in total. The molecule has 5 heteroatoms. The summed E-state index contributed by atoms with van der Waals surface area (Å²) in [6, 6.07) is 10.5. The fraction of sp³-hybridized carbons (Fsp3) is 0.0769. The summed E-state index contributed by atoms with van der Waals surface area (Å²) < 4.78 is 5.11. The van der Waals surface area contributed by atoms with Crippen molar-refractivity contribution in [3.63, 3.8) is 0 Å². The summed E-state index contributed by atoms with van der Waals surface area (Å²) in [5.74, 6) is -0.322.